The number of carboxylic acid groups (broad SMARTS) is 1. The molecule has 3 aliphatic heterocycles. The summed E-state index contributed by atoms with van der Waals surface area (Å²) in [4.78, 5) is 165. The Bertz CT molecular complexity index is 3020. The third-order valence-corrected chi connectivity index (χ3v) is 15.6. The topological polar surface area (TPSA) is 466 Å². The molecule has 3 aromatic rings. The zero-order chi connectivity index (χ0) is 65.1. The van der Waals surface area contributed by atoms with E-state index >= 15 is 0 Å². The van der Waals surface area contributed by atoms with Crippen LogP contribution in [-0.2, 0) is 72.0 Å². The van der Waals surface area contributed by atoms with E-state index in [1.807, 2.05) is 0 Å². The van der Waals surface area contributed by atoms with Gasteiger partial charge in [-0.3, -0.25) is 57.9 Å². The summed E-state index contributed by atoms with van der Waals surface area (Å²) < 4.78 is 0. The second-order valence-corrected chi connectivity index (χ2v) is 22.5. The van der Waals surface area contributed by atoms with Crippen LogP contribution in [-0.4, -0.2) is 186 Å². The predicted molar refractivity (Wildman–Crippen MR) is 331 cm³/mol. The molecule has 486 valence electrons. The number of carboxylic acids is 1. The molecule has 9 atom stereocenters. The summed E-state index contributed by atoms with van der Waals surface area (Å²) in [5, 5.41) is 31.3. The Morgan fingerprint density at radius 1 is 0.556 bits per heavy atom. The average molecular weight is 1250 g/mol. The lowest BCUT2D eigenvalue weighted by atomic mass is 10.0. The number of rotatable bonds is 22. The molecule has 3 heterocycles. The van der Waals surface area contributed by atoms with Gasteiger partial charge in [0.1, 0.15) is 48.3 Å². The second-order valence-electron chi connectivity index (χ2n) is 22.5. The van der Waals surface area contributed by atoms with Gasteiger partial charge in [0.05, 0.1) is 19.0 Å². The Labute approximate surface area is 521 Å². The number of hydrogen-bond acceptors (Lipinski definition) is 14. The summed E-state index contributed by atoms with van der Waals surface area (Å²) >= 11 is 0. The van der Waals surface area contributed by atoms with Gasteiger partial charge in [-0.05, 0) is 87.3 Å². The normalized spacial score (nSPS) is 21.7. The minimum Gasteiger partial charge on any atom is -0.480 e. The lowest BCUT2D eigenvalue weighted by Gasteiger charge is -2.33. The molecule has 19 N–H and O–H groups in total. The summed E-state index contributed by atoms with van der Waals surface area (Å²) in [6.45, 7) is -0.0682. The van der Waals surface area contributed by atoms with E-state index in [9.17, 15) is 57.8 Å². The molecule has 10 amide bonds. The van der Waals surface area contributed by atoms with Crippen LogP contribution in [0.2, 0.25) is 0 Å². The summed E-state index contributed by atoms with van der Waals surface area (Å²) in [5.74, 6) is -9.19. The summed E-state index contributed by atoms with van der Waals surface area (Å²) in [5.41, 5.74) is 30.1. The first-order valence-electron chi connectivity index (χ1n) is 30.3. The van der Waals surface area contributed by atoms with Crippen LogP contribution in [0, 0.1) is 0 Å². The molecule has 0 bridgehead atoms. The Balaban J connectivity index is 1.26. The van der Waals surface area contributed by atoms with Crippen molar-refractivity contribution in [1.82, 2.24) is 52.3 Å². The quantitative estimate of drug-likeness (QED) is 0.0270. The van der Waals surface area contributed by atoms with E-state index < -0.39 is 132 Å². The van der Waals surface area contributed by atoms with Crippen molar-refractivity contribution in [1.29, 1.82) is 0 Å². The molecule has 3 aromatic carbocycles. The third-order valence-electron chi connectivity index (χ3n) is 15.6. The lowest BCUT2D eigenvalue weighted by Crippen LogP contribution is -2.58. The number of nitrogens with two attached hydrogens (primary N) is 5. The van der Waals surface area contributed by atoms with Gasteiger partial charge in [-0.15, -0.1) is 0 Å². The van der Waals surface area contributed by atoms with Crippen LogP contribution in [0.1, 0.15) is 93.7 Å². The molecule has 0 spiro atoms. The lowest BCUT2D eigenvalue weighted by molar-refractivity contribution is -0.148. The van der Waals surface area contributed by atoms with Gasteiger partial charge in [0.25, 0.3) is 0 Å². The average Bonchev–Trinajstić information content (AvgIpc) is 1.92. The minimum absolute atomic E-state index is 0.0533. The first kappa shape index (κ1) is 69.4. The molecule has 0 saturated carbocycles. The standard InChI is InChI=1S/C61H85N17O12/c62-40-22-10-11-27-67-52(82)46(35-49(79)71-43(32-37-16-4-1-5-17-37)53(83)75-45(34-39-20-8-3-9-21-39)55(85)74-42(59(89)90)24-13-29-69-61(65)66)76-54(84)44(33-38-18-6-2-7-19-38)72-50(80)36-70-56(86)47-25-14-30-77(47)58(88)48-26-15-31-78(48)57(87)41(73-51(40)81)23-12-28-68-60(63)64/h1-9,16-21,40-48H,10-15,22-36,62H2,(H,67,82)(H,70,86)(H,71,79)(H,72,80)(H,73,81)(H,74,85)(H,75,83)(H,76,84)(H,89,90)(H4,63,64,68)(H4,65,66,69)/t40-,41?,42-,43-,44-,45-,46-,47-,48-/m0/s1. The number of carbonyl (C=O) groups excluding carboxylic acids is 10. The number of fused-ring (bicyclic) bond motifs is 2. The highest BCUT2D eigenvalue weighted by molar-refractivity contribution is 5.99. The van der Waals surface area contributed by atoms with Crippen molar-refractivity contribution in [2.45, 2.75) is 151 Å². The van der Waals surface area contributed by atoms with Crippen molar-refractivity contribution in [3.63, 3.8) is 0 Å². The summed E-state index contributed by atoms with van der Waals surface area (Å²) in [6.07, 6.45) is 1.39. The zero-order valence-electron chi connectivity index (χ0n) is 50.3. The van der Waals surface area contributed by atoms with Crippen molar-refractivity contribution in [3.05, 3.63) is 108 Å². The van der Waals surface area contributed by atoms with Gasteiger partial charge in [-0.2, -0.15) is 0 Å². The number of benzene rings is 3. The maximum Gasteiger partial charge on any atom is 0.326 e. The summed E-state index contributed by atoms with van der Waals surface area (Å²) in [6, 6.07) is 14.2. The van der Waals surface area contributed by atoms with E-state index in [2.05, 4.69) is 52.5 Å². The van der Waals surface area contributed by atoms with E-state index in [4.69, 9.17) is 28.7 Å². The molecule has 0 aliphatic carbocycles. The SMILES string of the molecule is NC(N)=NCCCC1NC(=O)[C@@H](N)CCCCNC(=O)[C@H](CC(=O)N[C@@H](Cc2ccccc2)C(=O)N[C@@H](Cc2ccccc2)C(=O)N[C@@H](CCCN=C(N)N)C(=O)O)NC(=O)[C@H](Cc2ccccc2)NC(=O)CNC(=O)[C@@H]2CCCN2C(=O)[C@@H]2CCCN2C1=O. The van der Waals surface area contributed by atoms with E-state index in [-0.39, 0.29) is 115 Å². The van der Waals surface area contributed by atoms with Gasteiger partial charge in [0, 0.05) is 52.0 Å². The number of nitrogens with one attached hydrogen (secondary N) is 8. The fraction of sp³-hybridized carbons (Fsp3) is 0.492. The van der Waals surface area contributed by atoms with Crippen LogP contribution in [0.25, 0.3) is 0 Å². The maximum atomic E-state index is 14.6. The molecular formula is C61H85N17O12. The number of guanidine groups is 2. The number of amides is 10. The van der Waals surface area contributed by atoms with E-state index in [1.165, 1.54) is 9.80 Å². The van der Waals surface area contributed by atoms with Crippen LogP contribution in [0.3, 0.4) is 0 Å². The van der Waals surface area contributed by atoms with Gasteiger partial charge >= 0.3 is 5.97 Å². The monoisotopic (exact) mass is 1250 g/mol. The molecule has 0 radical (unpaired) electrons. The number of aliphatic imine (C=N–C) groups is 2. The van der Waals surface area contributed by atoms with Crippen LogP contribution < -0.4 is 71.2 Å². The predicted octanol–water partition coefficient (Wildman–Crippen LogP) is -3.07. The first-order chi connectivity index (χ1) is 43.2. The van der Waals surface area contributed by atoms with E-state index in [1.54, 1.807) is 91.0 Å². The Kier molecular flexibility index (Phi) is 27.3. The first-order valence-corrected chi connectivity index (χ1v) is 30.3. The molecule has 3 fully saturated rings. The van der Waals surface area contributed by atoms with Crippen molar-refractivity contribution < 1.29 is 57.8 Å². The smallest absolute Gasteiger partial charge is 0.326 e. The van der Waals surface area contributed by atoms with E-state index in [0.717, 1.165) is 0 Å². The third kappa shape index (κ3) is 22.2. The van der Waals surface area contributed by atoms with Gasteiger partial charge < -0.3 is 86.1 Å². The van der Waals surface area contributed by atoms with Crippen LogP contribution >= 0.6 is 0 Å². The highest BCUT2D eigenvalue weighted by Crippen LogP contribution is 2.26. The Morgan fingerprint density at radius 3 is 1.68 bits per heavy atom. The molecule has 0 aromatic heterocycles. The minimum atomic E-state index is -1.67. The molecule has 29 nitrogen and oxygen atoms in total. The van der Waals surface area contributed by atoms with Gasteiger partial charge in [-0.25, -0.2) is 4.79 Å². The Morgan fingerprint density at radius 2 is 1.09 bits per heavy atom. The van der Waals surface area contributed by atoms with Crippen molar-refractivity contribution in [2.24, 2.45) is 38.7 Å². The maximum absolute atomic E-state index is 14.6. The molecule has 3 saturated heterocycles. The highest BCUT2D eigenvalue weighted by atomic mass is 16.4. The fourth-order valence-corrected chi connectivity index (χ4v) is 10.9. The largest absolute Gasteiger partial charge is 0.480 e. The molecule has 90 heavy (non-hydrogen) atoms. The van der Waals surface area contributed by atoms with Gasteiger partial charge in [0.15, 0.2) is 11.9 Å². The highest BCUT2D eigenvalue weighted by Gasteiger charge is 2.44. The van der Waals surface area contributed by atoms with Crippen LogP contribution in [0.15, 0.2) is 101 Å². The van der Waals surface area contributed by atoms with Gasteiger partial charge in [0.2, 0.25) is 59.1 Å². The molecule has 1 unspecified atom stereocenters. The van der Waals surface area contributed by atoms with Gasteiger partial charge in [-0.1, -0.05) is 91.0 Å². The zero-order valence-corrected chi connectivity index (χ0v) is 50.3. The van der Waals surface area contributed by atoms with Crippen LogP contribution in [0.5, 0.6) is 0 Å². The molecular weight excluding hydrogens is 1160 g/mol. The van der Waals surface area contributed by atoms with Crippen molar-refractivity contribution in [2.75, 3.05) is 39.3 Å². The van der Waals surface area contributed by atoms with E-state index in [0.29, 0.717) is 36.0 Å². The summed E-state index contributed by atoms with van der Waals surface area (Å²) in [7, 11) is 0. The van der Waals surface area contributed by atoms with Crippen LogP contribution in [0.4, 0.5) is 0 Å². The number of nitrogens with zero attached hydrogens (tertiary/aromatic N) is 4. The number of aliphatic carboxylic acids is 1. The number of hydrogen-bond donors (Lipinski definition) is 14. The number of carbonyl (C=O) groups is 11. The second kappa shape index (κ2) is 35.4. The molecule has 29 heteroatoms. The molecule has 6 rings (SSSR count). The molecule has 3 aliphatic rings. The van der Waals surface area contributed by atoms with Crippen molar-refractivity contribution >= 4 is 77.0 Å². The Hall–Kier alpha value is -9.67. The van der Waals surface area contributed by atoms with Crippen molar-refractivity contribution in [3.8, 4) is 0 Å². The fourth-order valence-electron chi connectivity index (χ4n) is 10.9.